The summed E-state index contributed by atoms with van der Waals surface area (Å²) in [6, 6.07) is 7.79. The molecule has 4 aromatic rings. The first kappa shape index (κ1) is 29.0. The first-order valence-electron chi connectivity index (χ1n) is 10.3. The fourth-order valence-corrected chi connectivity index (χ4v) is 3.26. The summed E-state index contributed by atoms with van der Waals surface area (Å²) in [7, 11) is 0. The van der Waals surface area contributed by atoms with Crippen molar-refractivity contribution in [1.82, 2.24) is 19.6 Å². The van der Waals surface area contributed by atoms with Gasteiger partial charge in [0.2, 0.25) is 0 Å². The van der Waals surface area contributed by atoms with Crippen LogP contribution in [0.5, 0.6) is 0 Å². The Kier molecular flexibility index (Phi) is 8.43. The van der Waals surface area contributed by atoms with Gasteiger partial charge in [-0.2, -0.15) is 36.5 Å². The van der Waals surface area contributed by atoms with Gasteiger partial charge in [-0.1, -0.05) is 11.6 Å². The van der Waals surface area contributed by atoms with Crippen LogP contribution in [-0.4, -0.2) is 19.6 Å². The molecule has 204 valence electrons. The number of rotatable bonds is 4. The molecule has 0 bridgehead atoms. The van der Waals surface area contributed by atoms with Crippen molar-refractivity contribution in [2.75, 3.05) is 0 Å². The molecule has 0 aliphatic heterocycles. The lowest BCUT2D eigenvalue weighted by molar-refractivity contribution is -0.142. The first-order valence-corrected chi connectivity index (χ1v) is 10.7. The summed E-state index contributed by atoms with van der Waals surface area (Å²) in [6.45, 7) is -0.361. The Bertz CT molecular complexity index is 1320. The summed E-state index contributed by atoms with van der Waals surface area (Å²) in [4.78, 5) is 0. The Morgan fingerprint density at radius 2 is 1.05 bits per heavy atom. The molecule has 0 spiro atoms. The number of halogens is 10. The van der Waals surface area contributed by atoms with Crippen LogP contribution in [-0.2, 0) is 25.4 Å². The maximum Gasteiger partial charge on any atom is 0.435 e. The third kappa shape index (κ3) is 6.46. The van der Waals surface area contributed by atoms with E-state index in [0.29, 0.717) is 0 Å². The monoisotopic (exact) mass is 570 g/mol. The van der Waals surface area contributed by atoms with Crippen molar-refractivity contribution in [3.63, 3.8) is 0 Å². The molecule has 16 heteroatoms. The standard InChI is InChI=1S/C11H8ClF4N3.C11H8F5N3/c12-8-3-6(1-2-9(8)13)19-7(5-17)4-10(18-19)11(14,15)16;12-8-2-1-6(3-9(8)13)19-7(5-17)4-10(18-19)11(14,15)16/h2*1-4H,5,17H2. The summed E-state index contributed by atoms with van der Waals surface area (Å²) >= 11 is 5.59. The molecule has 0 aliphatic rings. The molecule has 0 saturated carbocycles. The molecule has 0 aliphatic carbocycles. The highest BCUT2D eigenvalue weighted by Crippen LogP contribution is 2.31. The fraction of sp³-hybridized carbons (Fsp3) is 0.182. The van der Waals surface area contributed by atoms with Crippen LogP contribution in [0.1, 0.15) is 22.8 Å². The second-order valence-electron chi connectivity index (χ2n) is 7.47. The molecule has 6 nitrogen and oxygen atoms in total. The zero-order valence-corrected chi connectivity index (χ0v) is 19.5. The third-order valence-corrected chi connectivity index (χ3v) is 5.15. The maximum absolute atomic E-state index is 13.1. The number of nitrogens with zero attached hydrogens (tertiary/aromatic N) is 4. The van der Waals surface area contributed by atoms with Crippen molar-refractivity contribution in [3.8, 4) is 11.4 Å². The molecular formula is C22H16ClF9N6. The van der Waals surface area contributed by atoms with Gasteiger partial charge < -0.3 is 11.5 Å². The minimum absolute atomic E-state index is 0.0325. The van der Waals surface area contributed by atoms with Crippen molar-refractivity contribution in [2.24, 2.45) is 11.5 Å². The smallest absolute Gasteiger partial charge is 0.325 e. The number of hydrogen-bond donors (Lipinski definition) is 2. The van der Waals surface area contributed by atoms with Gasteiger partial charge >= 0.3 is 12.4 Å². The van der Waals surface area contributed by atoms with Crippen LogP contribution in [0.3, 0.4) is 0 Å². The number of benzene rings is 2. The van der Waals surface area contributed by atoms with Gasteiger partial charge in [0.05, 0.1) is 27.8 Å². The lowest BCUT2D eigenvalue weighted by atomic mass is 10.3. The molecule has 4 rings (SSSR count). The molecule has 2 aromatic carbocycles. The van der Waals surface area contributed by atoms with E-state index in [9.17, 15) is 39.5 Å². The van der Waals surface area contributed by atoms with Crippen LogP contribution in [0.2, 0.25) is 5.02 Å². The van der Waals surface area contributed by atoms with E-state index in [1.807, 2.05) is 0 Å². The largest absolute Gasteiger partial charge is 0.435 e. The second kappa shape index (κ2) is 11.0. The van der Waals surface area contributed by atoms with E-state index in [2.05, 4.69) is 10.2 Å². The van der Waals surface area contributed by atoms with Gasteiger partial charge in [0.15, 0.2) is 23.0 Å². The summed E-state index contributed by atoms with van der Waals surface area (Å²) in [5, 5.41) is 6.54. The number of alkyl halides is 6. The summed E-state index contributed by atoms with van der Waals surface area (Å²) in [6.07, 6.45) is -9.20. The lowest BCUT2D eigenvalue weighted by Crippen LogP contribution is -2.09. The third-order valence-electron chi connectivity index (χ3n) is 4.86. The van der Waals surface area contributed by atoms with Crippen LogP contribution in [0, 0.1) is 17.5 Å². The molecule has 0 radical (unpaired) electrons. The number of aromatic nitrogens is 4. The minimum atomic E-state index is -4.63. The fourth-order valence-electron chi connectivity index (χ4n) is 3.09. The molecule has 0 amide bonds. The predicted octanol–water partition coefficient (Wildman–Crippen LogP) is 5.77. The number of nitrogens with two attached hydrogens (primary N) is 2. The Balaban J connectivity index is 0.000000211. The van der Waals surface area contributed by atoms with Gasteiger partial charge in [-0.15, -0.1) is 0 Å². The average molecular weight is 571 g/mol. The van der Waals surface area contributed by atoms with Crippen molar-refractivity contribution < 1.29 is 39.5 Å². The molecule has 38 heavy (non-hydrogen) atoms. The second-order valence-corrected chi connectivity index (χ2v) is 7.87. The minimum Gasteiger partial charge on any atom is -0.325 e. The van der Waals surface area contributed by atoms with Crippen molar-refractivity contribution in [3.05, 3.63) is 93.8 Å². The van der Waals surface area contributed by atoms with E-state index in [4.69, 9.17) is 23.1 Å². The van der Waals surface area contributed by atoms with Gasteiger partial charge in [0.25, 0.3) is 0 Å². The van der Waals surface area contributed by atoms with E-state index in [-0.39, 0.29) is 40.9 Å². The molecule has 0 fully saturated rings. The van der Waals surface area contributed by atoms with Crippen molar-refractivity contribution >= 4 is 11.6 Å². The van der Waals surface area contributed by atoms with Crippen molar-refractivity contribution in [2.45, 2.75) is 25.4 Å². The highest BCUT2D eigenvalue weighted by atomic mass is 35.5. The van der Waals surface area contributed by atoms with E-state index < -0.39 is 41.2 Å². The molecule has 0 unspecified atom stereocenters. The van der Waals surface area contributed by atoms with Crippen LogP contribution < -0.4 is 11.5 Å². The normalized spacial score (nSPS) is 11.9. The van der Waals surface area contributed by atoms with Gasteiger partial charge in [-0.25, -0.2) is 22.5 Å². The summed E-state index contributed by atoms with van der Waals surface area (Å²) in [5.41, 5.74) is 8.86. The highest BCUT2D eigenvalue weighted by Gasteiger charge is 2.35. The molecule has 4 N–H and O–H groups in total. The van der Waals surface area contributed by atoms with Crippen molar-refractivity contribution in [1.29, 1.82) is 0 Å². The number of hydrogen-bond acceptors (Lipinski definition) is 4. The van der Waals surface area contributed by atoms with Gasteiger partial charge in [0.1, 0.15) is 5.82 Å². The lowest BCUT2D eigenvalue weighted by Gasteiger charge is -2.06. The Hall–Kier alpha value is -3.56. The van der Waals surface area contributed by atoms with Crippen LogP contribution >= 0.6 is 11.6 Å². The Morgan fingerprint density at radius 1 is 0.632 bits per heavy atom. The predicted molar refractivity (Wildman–Crippen MR) is 118 cm³/mol. The van der Waals surface area contributed by atoms with E-state index >= 15 is 0 Å². The van der Waals surface area contributed by atoms with Crippen LogP contribution in [0.15, 0.2) is 48.5 Å². The van der Waals surface area contributed by atoms with Gasteiger partial charge in [-0.05, 0) is 42.5 Å². The molecule has 0 atom stereocenters. The van der Waals surface area contributed by atoms with Gasteiger partial charge in [-0.3, -0.25) is 0 Å². The summed E-state index contributed by atoms with van der Waals surface area (Å²) < 4.78 is 116. The average Bonchev–Trinajstić information content (AvgIpc) is 3.48. The topological polar surface area (TPSA) is 87.7 Å². The Labute approximate surface area is 213 Å². The molecule has 2 heterocycles. The maximum atomic E-state index is 13.1. The quantitative estimate of drug-likeness (QED) is 0.305. The van der Waals surface area contributed by atoms with Crippen LogP contribution in [0.4, 0.5) is 39.5 Å². The van der Waals surface area contributed by atoms with E-state index in [1.54, 1.807) is 0 Å². The molecule has 2 aromatic heterocycles. The van der Waals surface area contributed by atoms with E-state index in [1.165, 1.54) is 12.1 Å². The Morgan fingerprint density at radius 3 is 1.42 bits per heavy atom. The van der Waals surface area contributed by atoms with Gasteiger partial charge in [0, 0.05) is 19.2 Å². The summed E-state index contributed by atoms with van der Waals surface area (Å²) in [5.74, 6) is -2.94. The zero-order valence-electron chi connectivity index (χ0n) is 18.8. The van der Waals surface area contributed by atoms with Crippen LogP contribution in [0.25, 0.3) is 11.4 Å². The molecular weight excluding hydrogens is 555 g/mol. The molecule has 0 saturated heterocycles. The first-order chi connectivity index (χ1) is 17.6. The SMILES string of the molecule is NCc1cc(C(F)(F)F)nn1-c1ccc(F)c(Cl)c1.NCc1cc(C(F)(F)F)nn1-c1ccc(F)c(F)c1. The van der Waals surface area contributed by atoms with E-state index in [0.717, 1.165) is 45.8 Å². The zero-order chi connectivity index (χ0) is 28.4. The highest BCUT2D eigenvalue weighted by molar-refractivity contribution is 6.30.